The highest BCUT2D eigenvalue weighted by Crippen LogP contribution is 2.19. The molecule has 1 atom stereocenters. The van der Waals surface area contributed by atoms with Crippen LogP contribution in [-0.2, 0) is 16.0 Å². The summed E-state index contributed by atoms with van der Waals surface area (Å²) in [6.07, 6.45) is -0.141. The highest BCUT2D eigenvalue weighted by molar-refractivity contribution is 5.85. The highest BCUT2D eigenvalue weighted by atomic mass is 19.1. The van der Waals surface area contributed by atoms with Crippen LogP contribution >= 0.6 is 0 Å². The lowest BCUT2D eigenvalue weighted by atomic mass is 10.0. The average molecular weight is 283 g/mol. The van der Waals surface area contributed by atoms with Crippen molar-refractivity contribution in [1.29, 1.82) is 0 Å². The first kappa shape index (κ1) is 15.9. The number of rotatable bonds is 6. The van der Waals surface area contributed by atoms with Crippen molar-refractivity contribution in [3.8, 4) is 5.75 Å². The Morgan fingerprint density at radius 2 is 2.05 bits per heavy atom. The van der Waals surface area contributed by atoms with E-state index in [1.54, 1.807) is 13.8 Å². The number of methoxy groups -OCH3 is 1. The van der Waals surface area contributed by atoms with E-state index in [2.05, 4.69) is 5.32 Å². The molecule has 0 aromatic heterocycles. The summed E-state index contributed by atoms with van der Waals surface area (Å²) in [4.78, 5) is 22.9. The number of amides is 1. The van der Waals surface area contributed by atoms with Crippen LogP contribution < -0.4 is 10.1 Å². The minimum Gasteiger partial charge on any atom is -0.496 e. The molecule has 6 heteroatoms. The van der Waals surface area contributed by atoms with Crippen LogP contribution in [0.5, 0.6) is 5.75 Å². The predicted molar refractivity (Wildman–Crippen MR) is 71.1 cm³/mol. The molecule has 110 valence electrons. The summed E-state index contributed by atoms with van der Waals surface area (Å²) in [6, 6.07) is 2.88. The second kappa shape index (κ2) is 6.88. The number of ether oxygens (including phenoxy) is 1. The molecule has 0 aliphatic carbocycles. The van der Waals surface area contributed by atoms with Crippen molar-refractivity contribution in [2.75, 3.05) is 7.11 Å². The average Bonchev–Trinajstić information content (AvgIpc) is 2.35. The van der Waals surface area contributed by atoms with Crippen LogP contribution in [0.2, 0.25) is 0 Å². The minimum atomic E-state index is -1.10. The Hall–Kier alpha value is -2.11. The summed E-state index contributed by atoms with van der Waals surface area (Å²) < 4.78 is 18.2. The van der Waals surface area contributed by atoms with Gasteiger partial charge in [-0.3, -0.25) is 4.79 Å². The van der Waals surface area contributed by atoms with Gasteiger partial charge >= 0.3 is 5.97 Å². The van der Waals surface area contributed by atoms with Crippen LogP contribution in [0.3, 0.4) is 0 Å². The number of benzene rings is 1. The molecule has 0 aliphatic heterocycles. The number of hydrogen-bond acceptors (Lipinski definition) is 3. The smallest absolute Gasteiger partial charge is 0.326 e. The van der Waals surface area contributed by atoms with E-state index in [0.29, 0.717) is 11.3 Å². The van der Waals surface area contributed by atoms with Gasteiger partial charge in [-0.2, -0.15) is 0 Å². The van der Waals surface area contributed by atoms with Gasteiger partial charge in [0.2, 0.25) is 5.91 Å². The molecule has 1 amide bonds. The Balaban J connectivity index is 2.80. The van der Waals surface area contributed by atoms with E-state index in [-0.39, 0.29) is 12.3 Å². The van der Waals surface area contributed by atoms with E-state index >= 15 is 0 Å². The predicted octanol–water partition coefficient (Wildman–Crippen LogP) is 1.60. The van der Waals surface area contributed by atoms with E-state index in [4.69, 9.17) is 9.84 Å². The quantitative estimate of drug-likeness (QED) is 0.831. The van der Waals surface area contributed by atoms with E-state index in [0.717, 1.165) is 0 Å². The summed E-state index contributed by atoms with van der Waals surface area (Å²) in [5, 5.41) is 11.4. The molecule has 0 saturated heterocycles. The highest BCUT2D eigenvalue weighted by Gasteiger charge is 2.23. The molecule has 2 N–H and O–H groups in total. The summed E-state index contributed by atoms with van der Waals surface area (Å²) in [5.41, 5.74) is 0.373. The largest absolute Gasteiger partial charge is 0.496 e. The second-order valence-corrected chi connectivity index (χ2v) is 4.76. The maximum Gasteiger partial charge on any atom is 0.326 e. The van der Waals surface area contributed by atoms with Gasteiger partial charge in [0.05, 0.1) is 13.5 Å². The Morgan fingerprint density at radius 3 is 2.55 bits per heavy atom. The molecule has 0 radical (unpaired) electrons. The second-order valence-electron chi connectivity index (χ2n) is 4.76. The van der Waals surface area contributed by atoms with Gasteiger partial charge in [-0.05, 0) is 24.1 Å². The summed E-state index contributed by atoms with van der Waals surface area (Å²) in [5.74, 6) is -1.93. The Labute approximate surface area is 116 Å². The van der Waals surface area contributed by atoms with Crippen LogP contribution in [0.25, 0.3) is 0 Å². The third kappa shape index (κ3) is 4.22. The molecule has 0 bridgehead atoms. The molecule has 0 fully saturated rings. The number of carboxylic acid groups (broad SMARTS) is 1. The molecule has 0 unspecified atom stereocenters. The van der Waals surface area contributed by atoms with Gasteiger partial charge in [-0.15, -0.1) is 0 Å². The van der Waals surface area contributed by atoms with Crippen LogP contribution in [0.1, 0.15) is 19.4 Å². The monoisotopic (exact) mass is 283 g/mol. The maximum absolute atomic E-state index is 13.2. The first-order chi connectivity index (χ1) is 9.35. The number of aliphatic carboxylic acids is 1. The summed E-state index contributed by atoms with van der Waals surface area (Å²) in [7, 11) is 1.42. The van der Waals surface area contributed by atoms with Gasteiger partial charge in [-0.25, -0.2) is 9.18 Å². The van der Waals surface area contributed by atoms with Crippen molar-refractivity contribution in [2.45, 2.75) is 26.3 Å². The fourth-order valence-electron chi connectivity index (χ4n) is 1.80. The molecule has 1 rings (SSSR count). The van der Waals surface area contributed by atoms with Gasteiger partial charge in [0.1, 0.15) is 17.6 Å². The number of halogens is 1. The summed E-state index contributed by atoms with van der Waals surface area (Å²) >= 11 is 0. The maximum atomic E-state index is 13.2. The van der Waals surface area contributed by atoms with Crippen LogP contribution in [0, 0.1) is 11.7 Å². The van der Waals surface area contributed by atoms with Gasteiger partial charge in [0, 0.05) is 5.56 Å². The fraction of sp³-hybridized carbons (Fsp3) is 0.429. The third-order valence-corrected chi connectivity index (χ3v) is 2.84. The van der Waals surface area contributed by atoms with Crippen LogP contribution in [-0.4, -0.2) is 30.1 Å². The number of carboxylic acids is 1. The summed E-state index contributed by atoms with van der Waals surface area (Å²) in [6.45, 7) is 3.39. The Kier molecular flexibility index (Phi) is 5.49. The van der Waals surface area contributed by atoms with Gasteiger partial charge < -0.3 is 15.2 Å². The molecule has 0 spiro atoms. The molecule has 0 heterocycles. The number of nitrogens with one attached hydrogen (secondary N) is 1. The van der Waals surface area contributed by atoms with Gasteiger partial charge in [-0.1, -0.05) is 13.8 Å². The first-order valence-electron chi connectivity index (χ1n) is 6.19. The van der Waals surface area contributed by atoms with Crippen molar-refractivity contribution in [3.05, 3.63) is 29.6 Å². The number of carbonyl (C=O) groups is 2. The van der Waals surface area contributed by atoms with E-state index < -0.39 is 23.7 Å². The lowest BCUT2D eigenvalue weighted by molar-refractivity contribution is -0.143. The van der Waals surface area contributed by atoms with Crippen molar-refractivity contribution in [1.82, 2.24) is 5.32 Å². The first-order valence-corrected chi connectivity index (χ1v) is 6.19. The van der Waals surface area contributed by atoms with Crippen LogP contribution in [0.15, 0.2) is 18.2 Å². The molecule has 1 aromatic carbocycles. The van der Waals surface area contributed by atoms with E-state index in [1.165, 1.54) is 25.3 Å². The molecular weight excluding hydrogens is 265 g/mol. The molecule has 1 aromatic rings. The van der Waals surface area contributed by atoms with Crippen molar-refractivity contribution < 1.29 is 23.8 Å². The molecule has 20 heavy (non-hydrogen) atoms. The van der Waals surface area contributed by atoms with Crippen molar-refractivity contribution in [2.24, 2.45) is 5.92 Å². The number of hydrogen-bond donors (Lipinski definition) is 2. The standard InChI is InChI=1S/C14H18FNO4/c1-8(2)13(14(18)19)16-12(17)7-9-6-10(15)4-5-11(9)20-3/h4-6,8,13H,7H2,1-3H3,(H,16,17)(H,18,19)/t13-/m0/s1. The molecular formula is C14H18FNO4. The van der Waals surface area contributed by atoms with E-state index in [1.807, 2.05) is 0 Å². The zero-order valence-corrected chi connectivity index (χ0v) is 11.6. The van der Waals surface area contributed by atoms with Gasteiger partial charge in [0.15, 0.2) is 0 Å². The number of carbonyl (C=O) groups excluding carboxylic acids is 1. The van der Waals surface area contributed by atoms with Crippen LogP contribution in [0.4, 0.5) is 4.39 Å². The SMILES string of the molecule is COc1ccc(F)cc1CC(=O)N[C@H](C(=O)O)C(C)C. The fourth-order valence-corrected chi connectivity index (χ4v) is 1.80. The zero-order valence-electron chi connectivity index (χ0n) is 11.6. The zero-order chi connectivity index (χ0) is 15.3. The molecule has 0 aliphatic rings. The normalized spacial score (nSPS) is 12.1. The lowest BCUT2D eigenvalue weighted by Crippen LogP contribution is -2.44. The lowest BCUT2D eigenvalue weighted by Gasteiger charge is -2.18. The topological polar surface area (TPSA) is 75.6 Å². The van der Waals surface area contributed by atoms with E-state index in [9.17, 15) is 14.0 Å². The van der Waals surface area contributed by atoms with Gasteiger partial charge in [0.25, 0.3) is 0 Å². The Bertz CT molecular complexity index is 502. The third-order valence-electron chi connectivity index (χ3n) is 2.84. The van der Waals surface area contributed by atoms with Crippen molar-refractivity contribution in [3.63, 3.8) is 0 Å². The van der Waals surface area contributed by atoms with Crippen molar-refractivity contribution >= 4 is 11.9 Å². The molecule has 5 nitrogen and oxygen atoms in total. The minimum absolute atomic E-state index is 0.141. The molecule has 0 saturated carbocycles. The Morgan fingerprint density at radius 1 is 1.40 bits per heavy atom.